The summed E-state index contributed by atoms with van der Waals surface area (Å²) in [5, 5.41) is 15.7. The molecule has 2 saturated heterocycles. The number of ether oxygens (including phenoxy) is 2. The number of alkyl halides is 6. The van der Waals surface area contributed by atoms with Crippen molar-refractivity contribution in [1.82, 2.24) is 10.1 Å². The number of halogens is 6. The van der Waals surface area contributed by atoms with E-state index in [0.29, 0.717) is 35.0 Å². The van der Waals surface area contributed by atoms with E-state index in [1.807, 2.05) is 0 Å². The van der Waals surface area contributed by atoms with Crippen molar-refractivity contribution in [1.29, 1.82) is 0 Å². The van der Waals surface area contributed by atoms with Gasteiger partial charge < -0.3 is 24.0 Å². The van der Waals surface area contributed by atoms with E-state index in [1.165, 1.54) is 35.6 Å². The third kappa shape index (κ3) is 6.42. The topological polar surface area (TPSA) is 97.9 Å². The Hall–Kier alpha value is -4.11. The minimum Gasteiger partial charge on any atom is -0.478 e. The van der Waals surface area contributed by atoms with Crippen molar-refractivity contribution in [3.63, 3.8) is 0 Å². The molecule has 2 aromatic heterocycles. The van der Waals surface area contributed by atoms with Crippen LogP contribution in [0.15, 0.2) is 52.4 Å². The number of para-hydroxylation sites is 1. The van der Waals surface area contributed by atoms with Gasteiger partial charge in [-0.15, -0.1) is 24.5 Å². The quantitative estimate of drug-likeness (QED) is 0.176. The number of hydrogen-bond donors (Lipinski definition) is 1. The van der Waals surface area contributed by atoms with Gasteiger partial charge in [-0.3, -0.25) is 0 Å². The van der Waals surface area contributed by atoms with Crippen molar-refractivity contribution in [2.75, 3.05) is 4.90 Å². The molecule has 2 aliphatic heterocycles. The Morgan fingerprint density at radius 1 is 1.02 bits per heavy atom. The van der Waals surface area contributed by atoms with Crippen molar-refractivity contribution < 1.29 is 50.2 Å². The van der Waals surface area contributed by atoms with E-state index < -0.39 is 29.6 Å². The number of rotatable bonds is 9. The van der Waals surface area contributed by atoms with Crippen molar-refractivity contribution in [3.05, 3.63) is 70.3 Å². The van der Waals surface area contributed by atoms with Crippen LogP contribution in [0.1, 0.15) is 71.7 Å². The van der Waals surface area contributed by atoms with Crippen LogP contribution in [0, 0.1) is 0 Å². The Kier molecular flexibility index (Phi) is 7.94. The van der Waals surface area contributed by atoms with E-state index in [2.05, 4.69) is 19.8 Å². The number of carboxylic acid groups (broad SMARTS) is 1. The van der Waals surface area contributed by atoms with Gasteiger partial charge in [-0.1, -0.05) is 23.4 Å². The molecule has 0 radical (unpaired) electrons. The molecule has 4 heterocycles. The molecule has 0 amide bonds. The number of fused-ring (bicyclic) bond motifs is 2. The lowest BCUT2D eigenvalue weighted by molar-refractivity contribution is -0.274. The molecule has 3 fully saturated rings. The molecule has 3 atom stereocenters. The highest BCUT2D eigenvalue weighted by Crippen LogP contribution is 2.47. The highest BCUT2D eigenvalue weighted by molar-refractivity contribution is 7.14. The van der Waals surface area contributed by atoms with Crippen molar-refractivity contribution in [2.45, 2.75) is 81.8 Å². The fourth-order valence-electron chi connectivity index (χ4n) is 6.63. The van der Waals surface area contributed by atoms with Crippen LogP contribution < -0.4 is 9.64 Å². The van der Waals surface area contributed by atoms with Gasteiger partial charge in [-0.2, -0.15) is 13.2 Å². The molecule has 7 rings (SSSR count). The monoisotopic (exact) mass is 679 g/mol. The molecule has 8 nitrogen and oxygen atoms in total. The summed E-state index contributed by atoms with van der Waals surface area (Å²) in [6, 6.07) is 9.03. The molecule has 2 bridgehead atoms. The number of piperidine rings is 1. The molecular weight excluding hydrogens is 652 g/mol. The molecule has 47 heavy (non-hydrogen) atoms. The third-order valence-corrected chi connectivity index (χ3v) is 9.71. The maximum Gasteiger partial charge on any atom is 0.573 e. The number of aromatic nitrogens is 2. The second-order valence-electron chi connectivity index (χ2n) is 12.0. The van der Waals surface area contributed by atoms with Crippen LogP contribution in [0.2, 0.25) is 0 Å². The molecule has 248 valence electrons. The van der Waals surface area contributed by atoms with Gasteiger partial charge in [0.2, 0.25) is 0 Å². The van der Waals surface area contributed by atoms with Crippen LogP contribution in [-0.4, -0.2) is 45.8 Å². The largest absolute Gasteiger partial charge is 0.573 e. The Bertz CT molecular complexity index is 1790. The zero-order valence-corrected chi connectivity index (χ0v) is 25.3. The van der Waals surface area contributed by atoms with Crippen LogP contribution >= 0.6 is 11.3 Å². The molecule has 1 N–H and O–H groups in total. The predicted octanol–water partition coefficient (Wildman–Crippen LogP) is 8.67. The summed E-state index contributed by atoms with van der Waals surface area (Å²) in [6.07, 6.45) is -5.03. The molecule has 0 spiro atoms. The molecule has 1 aliphatic carbocycles. The standard InChI is InChI=1S/C32H27F6N3O5S/c33-31(34,35)24-11-17(7-10-21(24)29(42)43)25-15-47-30(39-25)41-18-8-9-19(41)13-20(12-18)44-14-23-27(40-46-28(23)16-5-6-16)22-3-1-2-4-26(22)45-32(36,37)38/h1-4,7,10-11,15-16,18-20H,5-6,8-9,12-14H2,(H,42,43)/t18-,19+,20?. The van der Waals surface area contributed by atoms with Crippen LogP contribution in [0.25, 0.3) is 22.5 Å². The van der Waals surface area contributed by atoms with Crippen LogP contribution in [0.4, 0.5) is 31.5 Å². The van der Waals surface area contributed by atoms with Crippen molar-refractivity contribution >= 4 is 22.4 Å². The molecule has 1 unspecified atom stereocenters. The number of carboxylic acids is 1. The first-order chi connectivity index (χ1) is 22.4. The normalized spacial score (nSPS) is 21.3. The summed E-state index contributed by atoms with van der Waals surface area (Å²) in [5.41, 5.74) is -0.523. The van der Waals surface area contributed by atoms with E-state index >= 15 is 0 Å². The zero-order chi connectivity index (χ0) is 33.1. The summed E-state index contributed by atoms with van der Waals surface area (Å²) in [4.78, 5) is 18.2. The number of thiazole rings is 1. The maximum absolute atomic E-state index is 13.6. The van der Waals surface area contributed by atoms with Gasteiger partial charge >= 0.3 is 18.5 Å². The van der Waals surface area contributed by atoms with Gasteiger partial charge in [0.15, 0.2) is 5.13 Å². The van der Waals surface area contributed by atoms with E-state index in [9.17, 15) is 36.2 Å². The average molecular weight is 680 g/mol. The Labute approximate surface area is 267 Å². The van der Waals surface area contributed by atoms with Crippen LogP contribution in [0.5, 0.6) is 5.75 Å². The summed E-state index contributed by atoms with van der Waals surface area (Å²) >= 11 is 1.32. The number of carbonyl (C=O) groups is 1. The minimum atomic E-state index is -4.88. The number of hydrogen-bond acceptors (Lipinski definition) is 8. The van der Waals surface area contributed by atoms with E-state index in [1.54, 1.807) is 11.4 Å². The van der Waals surface area contributed by atoms with Gasteiger partial charge in [0, 0.05) is 40.1 Å². The average Bonchev–Trinajstić information content (AvgIpc) is 3.47. The number of nitrogens with zero attached hydrogens (tertiary/aromatic N) is 3. The van der Waals surface area contributed by atoms with Gasteiger partial charge in [-0.25, -0.2) is 9.78 Å². The second kappa shape index (κ2) is 11.8. The first kappa shape index (κ1) is 31.5. The van der Waals surface area contributed by atoms with Gasteiger partial charge in [-0.05, 0) is 62.8 Å². The fourth-order valence-corrected chi connectivity index (χ4v) is 7.61. The van der Waals surface area contributed by atoms with E-state index in [-0.39, 0.29) is 53.3 Å². The minimum absolute atomic E-state index is 0.0728. The molecular formula is C32H27F6N3O5S. The lowest BCUT2D eigenvalue weighted by atomic mass is 9.99. The first-order valence-corrected chi connectivity index (χ1v) is 15.9. The Morgan fingerprint density at radius 2 is 1.74 bits per heavy atom. The second-order valence-corrected chi connectivity index (χ2v) is 12.8. The maximum atomic E-state index is 13.6. The summed E-state index contributed by atoms with van der Waals surface area (Å²) in [7, 11) is 0. The molecule has 15 heteroatoms. The fraction of sp³-hybridized carbons (Fsp3) is 0.406. The SMILES string of the molecule is O=C(O)c1ccc(-c2csc(N3[C@@H]4CC[C@H]3CC(OCc3c(-c5ccccc5OC(F)(F)F)noc3C3CC3)C4)n2)cc1C(F)(F)F. The summed E-state index contributed by atoms with van der Waals surface area (Å²) in [6.45, 7) is 0.102. The van der Waals surface area contributed by atoms with E-state index in [0.717, 1.165) is 37.8 Å². The van der Waals surface area contributed by atoms with Crippen molar-refractivity contribution in [2.24, 2.45) is 0 Å². The molecule has 1 saturated carbocycles. The molecule has 2 aromatic carbocycles. The third-order valence-electron chi connectivity index (χ3n) is 8.85. The molecule has 3 aliphatic rings. The van der Waals surface area contributed by atoms with Gasteiger partial charge in [0.25, 0.3) is 0 Å². The van der Waals surface area contributed by atoms with Crippen LogP contribution in [0.3, 0.4) is 0 Å². The van der Waals surface area contributed by atoms with Gasteiger partial charge in [0.1, 0.15) is 17.2 Å². The summed E-state index contributed by atoms with van der Waals surface area (Å²) in [5.74, 6) is -1.29. The lowest BCUT2D eigenvalue weighted by Gasteiger charge is -2.38. The number of aromatic carboxylic acids is 1. The smallest absolute Gasteiger partial charge is 0.478 e. The van der Waals surface area contributed by atoms with E-state index in [4.69, 9.17) is 9.26 Å². The van der Waals surface area contributed by atoms with Gasteiger partial charge in [0.05, 0.1) is 29.5 Å². The highest BCUT2D eigenvalue weighted by atomic mass is 32.1. The first-order valence-electron chi connectivity index (χ1n) is 15.0. The number of anilines is 1. The van der Waals surface area contributed by atoms with Crippen molar-refractivity contribution in [3.8, 4) is 28.3 Å². The highest BCUT2D eigenvalue weighted by Gasteiger charge is 2.43. The predicted molar refractivity (Wildman–Crippen MR) is 157 cm³/mol. The Morgan fingerprint density at radius 3 is 2.40 bits per heavy atom. The zero-order valence-electron chi connectivity index (χ0n) is 24.5. The molecule has 4 aromatic rings. The lowest BCUT2D eigenvalue weighted by Crippen LogP contribution is -2.45. The van der Waals surface area contributed by atoms with Crippen LogP contribution in [-0.2, 0) is 17.5 Å². The summed E-state index contributed by atoms with van der Waals surface area (Å²) < 4.78 is 96.5. The Balaban J connectivity index is 1.07. The number of benzene rings is 2.